The Morgan fingerprint density at radius 3 is 2.11 bits per heavy atom. The summed E-state index contributed by atoms with van der Waals surface area (Å²) >= 11 is 0. The number of nitrogens with two attached hydrogens (primary N) is 1. The molecule has 1 saturated heterocycles. The fourth-order valence-electron chi connectivity index (χ4n) is 2.87. The molecule has 0 spiro atoms. The molecular formula is C16H26N2. The largest absolute Gasteiger partial charge is 0.329 e. The Kier molecular flexibility index (Phi) is 5.21. The van der Waals surface area contributed by atoms with Crippen LogP contribution in [0.1, 0.15) is 49.3 Å². The van der Waals surface area contributed by atoms with Crippen LogP contribution in [0.5, 0.6) is 0 Å². The molecule has 1 aromatic rings. The molecule has 1 fully saturated rings. The zero-order valence-corrected chi connectivity index (χ0v) is 11.6. The molecule has 0 aromatic heterocycles. The molecule has 0 saturated carbocycles. The van der Waals surface area contributed by atoms with Crippen molar-refractivity contribution in [2.45, 2.75) is 45.1 Å². The minimum absolute atomic E-state index is 0.406. The summed E-state index contributed by atoms with van der Waals surface area (Å²) in [6.45, 7) is 5.27. The first-order valence-corrected chi connectivity index (χ1v) is 7.32. The monoisotopic (exact) mass is 246 g/mol. The van der Waals surface area contributed by atoms with Gasteiger partial charge in [-0.05, 0) is 38.4 Å². The van der Waals surface area contributed by atoms with Crippen LogP contribution in [0.3, 0.4) is 0 Å². The molecule has 1 aromatic carbocycles. The van der Waals surface area contributed by atoms with Crippen molar-refractivity contribution < 1.29 is 0 Å². The predicted octanol–water partition coefficient (Wildman–Crippen LogP) is 3.26. The molecular weight excluding hydrogens is 220 g/mol. The number of rotatable bonds is 3. The van der Waals surface area contributed by atoms with Gasteiger partial charge in [-0.3, -0.25) is 4.90 Å². The summed E-state index contributed by atoms with van der Waals surface area (Å²) in [6, 6.07) is 9.28. The average Bonchev–Trinajstić information content (AvgIpc) is 2.34. The Morgan fingerprint density at radius 2 is 1.56 bits per heavy atom. The van der Waals surface area contributed by atoms with E-state index >= 15 is 0 Å². The van der Waals surface area contributed by atoms with Gasteiger partial charge in [-0.2, -0.15) is 0 Å². The lowest BCUT2D eigenvalue weighted by atomic mass is 10.0. The van der Waals surface area contributed by atoms with E-state index in [4.69, 9.17) is 5.73 Å². The van der Waals surface area contributed by atoms with Crippen LogP contribution in [0.25, 0.3) is 0 Å². The molecule has 18 heavy (non-hydrogen) atoms. The van der Waals surface area contributed by atoms with Crippen molar-refractivity contribution in [2.24, 2.45) is 5.73 Å². The second kappa shape index (κ2) is 6.91. The molecule has 1 atom stereocenters. The van der Waals surface area contributed by atoms with Crippen molar-refractivity contribution in [3.8, 4) is 0 Å². The van der Waals surface area contributed by atoms with Crippen LogP contribution in [-0.2, 0) is 0 Å². The third-order valence-electron chi connectivity index (χ3n) is 4.02. The molecule has 1 unspecified atom stereocenters. The molecule has 0 radical (unpaired) electrons. The van der Waals surface area contributed by atoms with Crippen LogP contribution in [0.4, 0.5) is 0 Å². The summed E-state index contributed by atoms with van der Waals surface area (Å²) in [5.41, 5.74) is 8.72. The van der Waals surface area contributed by atoms with Gasteiger partial charge in [0, 0.05) is 12.6 Å². The maximum atomic E-state index is 6.02. The Morgan fingerprint density at radius 1 is 1.00 bits per heavy atom. The quantitative estimate of drug-likeness (QED) is 0.887. The zero-order valence-electron chi connectivity index (χ0n) is 11.6. The highest BCUT2D eigenvalue weighted by Crippen LogP contribution is 2.23. The van der Waals surface area contributed by atoms with Gasteiger partial charge in [-0.15, -0.1) is 0 Å². The van der Waals surface area contributed by atoms with Crippen LogP contribution in [0, 0.1) is 6.92 Å². The third-order valence-corrected chi connectivity index (χ3v) is 4.02. The number of hydrogen-bond donors (Lipinski definition) is 1. The predicted molar refractivity (Wildman–Crippen MR) is 77.6 cm³/mol. The van der Waals surface area contributed by atoms with Crippen molar-refractivity contribution in [1.29, 1.82) is 0 Å². The highest BCUT2D eigenvalue weighted by atomic mass is 15.2. The van der Waals surface area contributed by atoms with Gasteiger partial charge < -0.3 is 5.73 Å². The summed E-state index contributed by atoms with van der Waals surface area (Å²) < 4.78 is 0. The van der Waals surface area contributed by atoms with Gasteiger partial charge in [-0.1, -0.05) is 49.1 Å². The Hall–Kier alpha value is -0.860. The molecule has 2 nitrogen and oxygen atoms in total. The van der Waals surface area contributed by atoms with E-state index in [9.17, 15) is 0 Å². The van der Waals surface area contributed by atoms with Crippen LogP contribution in [0.2, 0.25) is 0 Å². The summed E-state index contributed by atoms with van der Waals surface area (Å²) in [6.07, 6.45) is 6.81. The van der Waals surface area contributed by atoms with Gasteiger partial charge in [0.05, 0.1) is 0 Å². The third kappa shape index (κ3) is 3.56. The van der Waals surface area contributed by atoms with Gasteiger partial charge in [-0.25, -0.2) is 0 Å². The number of aryl methyl sites for hydroxylation is 1. The SMILES string of the molecule is Cc1ccc(C(CN)N2CCCCCCC2)cc1. The molecule has 1 heterocycles. The van der Waals surface area contributed by atoms with Crippen molar-refractivity contribution in [3.05, 3.63) is 35.4 Å². The second-order valence-corrected chi connectivity index (χ2v) is 5.47. The topological polar surface area (TPSA) is 29.3 Å². The van der Waals surface area contributed by atoms with Crippen LogP contribution in [0.15, 0.2) is 24.3 Å². The average molecular weight is 246 g/mol. The molecule has 0 aliphatic carbocycles. The van der Waals surface area contributed by atoms with Crippen molar-refractivity contribution >= 4 is 0 Å². The molecule has 0 bridgehead atoms. The lowest BCUT2D eigenvalue weighted by Gasteiger charge is -2.32. The lowest BCUT2D eigenvalue weighted by Crippen LogP contribution is -2.36. The van der Waals surface area contributed by atoms with E-state index in [0.717, 1.165) is 6.54 Å². The molecule has 2 heteroatoms. The van der Waals surface area contributed by atoms with E-state index in [1.54, 1.807) is 0 Å². The van der Waals surface area contributed by atoms with Gasteiger partial charge in [0.2, 0.25) is 0 Å². The smallest absolute Gasteiger partial charge is 0.0470 e. The Labute approximate surface area is 111 Å². The summed E-state index contributed by atoms with van der Waals surface area (Å²) in [5, 5.41) is 0. The number of likely N-dealkylation sites (tertiary alicyclic amines) is 1. The minimum atomic E-state index is 0.406. The van der Waals surface area contributed by atoms with E-state index in [0.29, 0.717) is 6.04 Å². The van der Waals surface area contributed by atoms with Gasteiger partial charge >= 0.3 is 0 Å². The highest BCUT2D eigenvalue weighted by Gasteiger charge is 2.19. The van der Waals surface area contributed by atoms with Crippen LogP contribution >= 0.6 is 0 Å². The maximum Gasteiger partial charge on any atom is 0.0470 e. The van der Waals surface area contributed by atoms with Gasteiger partial charge in [0.15, 0.2) is 0 Å². The minimum Gasteiger partial charge on any atom is -0.329 e. The fourth-order valence-corrected chi connectivity index (χ4v) is 2.87. The van der Waals surface area contributed by atoms with Gasteiger partial charge in [0.1, 0.15) is 0 Å². The molecule has 100 valence electrons. The lowest BCUT2D eigenvalue weighted by molar-refractivity contribution is 0.183. The number of hydrogen-bond acceptors (Lipinski definition) is 2. The van der Waals surface area contributed by atoms with Crippen molar-refractivity contribution in [3.63, 3.8) is 0 Å². The first kappa shape index (κ1) is 13.6. The van der Waals surface area contributed by atoms with Crippen LogP contribution < -0.4 is 5.73 Å². The molecule has 1 aliphatic heterocycles. The van der Waals surface area contributed by atoms with Crippen molar-refractivity contribution in [2.75, 3.05) is 19.6 Å². The van der Waals surface area contributed by atoms with E-state index in [2.05, 4.69) is 36.1 Å². The van der Waals surface area contributed by atoms with E-state index in [1.165, 1.54) is 56.3 Å². The van der Waals surface area contributed by atoms with E-state index in [-0.39, 0.29) is 0 Å². The van der Waals surface area contributed by atoms with Crippen LogP contribution in [-0.4, -0.2) is 24.5 Å². The first-order valence-electron chi connectivity index (χ1n) is 7.32. The number of nitrogens with zero attached hydrogens (tertiary/aromatic N) is 1. The first-order chi connectivity index (χ1) is 8.81. The molecule has 1 aliphatic rings. The van der Waals surface area contributed by atoms with Gasteiger partial charge in [0.25, 0.3) is 0 Å². The normalized spacial score (nSPS) is 20.1. The second-order valence-electron chi connectivity index (χ2n) is 5.47. The molecule has 2 rings (SSSR count). The maximum absolute atomic E-state index is 6.02. The van der Waals surface area contributed by atoms with E-state index < -0.39 is 0 Å². The summed E-state index contributed by atoms with van der Waals surface area (Å²) in [5.74, 6) is 0. The fraction of sp³-hybridized carbons (Fsp3) is 0.625. The zero-order chi connectivity index (χ0) is 12.8. The molecule has 2 N–H and O–H groups in total. The summed E-state index contributed by atoms with van der Waals surface area (Å²) in [4.78, 5) is 2.59. The summed E-state index contributed by atoms with van der Waals surface area (Å²) in [7, 11) is 0. The highest BCUT2D eigenvalue weighted by molar-refractivity contribution is 5.24. The number of benzene rings is 1. The Balaban J connectivity index is 2.08. The molecule has 0 amide bonds. The standard InChI is InChI=1S/C16H26N2/c1-14-7-9-15(10-8-14)16(13-17)18-11-5-3-2-4-6-12-18/h7-10,16H,2-6,11-13,17H2,1H3. The van der Waals surface area contributed by atoms with E-state index in [1.807, 2.05) is 0 Å². The Bertz CT molecular complexity index is 337. The van der Waals surface area contributed by atoms with Crippen molar-refractivity contribution in [1.82, 2.24) is 4.90 Å².